The van der Waals surface area contributed by atoms with E-state index in [2.05, 4.69) is 4.98 Å². The van der Waals surface area contributed by atoms with E-state index in [1.54, 1.807) is 0 Å². The number of pyridine rings is 1. The average molecular weight is 189 g/mol. The molecule has 4 nitrogen and oxygen atoms in total. The van der Waals surface area contributed by atoms with Gasteiger partial charge in [0.05, 0.1) is 17.7 Å². The third kappa shape index (κ3) is 1.23. The first kappa shape index (κ1) is 8.38. The minimum Gasteiger partial charge on any atom is -0.269 e. The molecular weight excluding hydrogens is 185 g/mol. The molecule has 0 aromatic carbocycles. The van der Waals surface area contributed by atoms with E-state index >= 15 is 0 Å². The summed E-state index contributed by atoms with van der Waals surface area (Å²) in [5, 5.41) is 8.58. The van der Waals surface area contributed by atoms with Crippen LogP contribution < -0.4 is 5.56 Å². The molecule has 0 aliphatic carbocycles. The highest BCUT2D eigenvalue weighted by molar-refractivity contribution is 5.44. The molecular formula is C9H4FN3O. The molecule has 2 rings (SSSR count). The zero-order chi connectivity index (χ0) is 10.1. The van der Waals surface area contributed by atoms with E-state index in [0.717, 1.165) is 6.07 Å². The lowest BCUT2D eigenvalue weighted by Gasteiger charge is -1.98. The van der Waals surface area contributed by atoms with Crippen LogP contribution in [0, 0.1) is 17.3 Å². The molecule has 0 amide bonds. The van der Waals surface area contributed by atoms with Crippen molar-refractivity contribution in [3.8, 4) is 6.07 Å². The lowest BCUT2D eigenvalue weighted by molar-refractivity contribution is 0.581. The van der Waals surface area contributed by atoms with Gasteiger partial charge in [-0.25, -0.2) is 4.98 Å². The second-order valence-electron chi connectivity index (χ2n) is 2.67. The van der Waals surface area contributed by atoms with Crippen LogP contribution in [0.15, 0.2) is 29.2 Å². The maximum Gasteiger partial charge on any atom is 0.260 e. The fourth-order valence-corrected chi connectivity index (χ4v) is 1.14. The van der Waals surface area contributed by atoms with Crippen molar-refractivity contribution in [2.45, 2.75) is 0 Å². The average Bonchev–Trinajstić information content (AvgIpc) is 2.16. The zero-order valence-corrected chi connectivity index (χ0v) is 6.94. The van der Waals surface area contributed by atoms with E-state index in [9.17, 15) is 9.18 Å². The van der Waals surface area contributed by atoms with Gasteiger partial charge >= 0.3 is 0 Å². The molecule has 2 heterocycles. The van der Waals surface area contributed by atoms with Crippen LogP contribution >= 0.6 is 0 Å². The molecule has 14 heavy (non-hydrogen) atoms. The van der Waals surface area contributed by atoms with Gasteiger partial charge in [-0.05, 0) is 12.1 Å². The molecule has 0 spiro atoms. The molecule has 0 aliphatic heterocycles. The summed E-state index contributed by atoms with van der Waals surface area (Å²) < 4.78 is 13.9. The molecule has 0 fully saturated rings. The van der Waals surface area contributed by atoms with E-state index in [1.807, 2.05) is 6.07 Å². The molecule has 0 atom stereocenters. The summed E-state index contributed by atoms with van der Waals surface area (Å²) in [5.74, 6) is -0.843. The Labute approximate surface area is 77.9 Å². The molecule has 2 aromatic heterocycles. The molecule has 0 N–H and O–H groups in total. The summed E-state index contributed by atoms with van der Waals surface area (Å²) in [5.41, 5.74) is -0.0338. The number of nitriles is 1. The Morgan fingerprint density at radius 3 is 3.00 bits per heavy atom. The lowest BCUT2D eigenvalue weighted by atomic mass is 10.3. The fourth-order valence-electron chi connectivity index (χ4n) is 1.14. The predicted octanol–water partition coefficient (Wildman–Crippen LogP) is 0.705. The van der Waals surface area contributed by atoms with E-state index in [0.29, 0.717) is 5.56 Å². The molecule has 0 aliphatic rings. The van der Waals surface area contributed by atoms with E-state index in [4.69, 9.17) is 5.26 Å². The van der Waals surface area contributed by atoms with Crippen LogP contribution in [0.4, 0.5) is 4.39 Å². The standard InChI is InChI=1S/C9H4FN3O/c10-7-4-9(14)13-2-1-6(5-11)3-8(13)12-7/h1-4H. The van der Waals surface area contributed by atoms with Crippen molar-refractivity contribution in [1.29, 1.82) is 5.26 Å². The molecule has 0 saturated carbocycles. The van der Waals surface area contributed by atoms with Gasteiger partial charge in [0, 0.05) is 6.20 Å². The predicted molar refractivity (Wildman–Crippen MR) is 46.1 cm³/mol. The minimum atomic E-state index is -0.843. The van der Waals surface area contributed by atoms with Gasteiger partial charge in [0.1, 0.15) is 5.65 Å². The number of rotatable bonds is 0. The van der Waals surface area contributed by atoms with Crippen molar-refractivity contribution in [2.24, 2.45) is 0 Å². The van der Waals surface area contributed by atoms with Gasteiger partial charge in [0.15, 0.2) is 0 Å². The second-order valence-corrected chi connectivity index (χ2v) is 2.67. The third-order valence-electron chi connectivity index (χ3n) is 1.77. The number of nitrogens with zero attached hydrogens (tertiary/aromatic N) is 3. The maximum atomic E-state index is 12.7. The van der Waals surface area contributed by atoms with Gasteiger partial charge in [0.2, 0.25) is 5.95 Å². The largest absolute Gasteiger partial charge is 0.269 e. The Morgan fingerprint density at radius 1 is 1.50 bits per heavy atom. The number of fused-ring (bicyclic) bond motifs is 1. The molecule has 0 radical (unpaired) electrons. The van der Waals surface area contributed by atoms with Gasteiger partial charge in [-0.3, -0.25) is 9.20 Å². The molecule has 5 heteroatoms. The van der Waals surface area contributed by atoms with Crippen molar-refractivity contribution in [3.63, 3.8) is 0 Å². The second kappa shape index (κ2) is 2.92. The Hall–Kier alpha value is -2.22. The van der Waals surface area contributed by atoms with E-state index in [1.165, 1.54) is 22.7 Å². The number of aromatic nitrogens is 2. The smallest absolute Gasteiger partial charge is 0.260 e. The summed E-state index contributed by atoms with van der Waals surface area (Å²) in [6, 6.07) is 5.49. The molecule has 0 bridgehead atoms. The molecule has 0 unspecified atom stereocenters. The normalized spacial score (nSPS) is 10.0. The molecule has 0 saturated heterocycles. The van der Waals surface area contributed by atoms with Gasteiger partial charge in [-0.15, -0.1) is 0 Å². The van der Waals surface area contributed by atoms with Crippen LogP contribution in [-0.2, 0) is 0 Å². The third-order valence-corrected chi connectivity index (χ3v) is 1.77. The van der Waals surface area contributed by atoms with E-state index in [-0.39, 0.29) is 5.65 Å². The Morgan fingerprint density at radius 2 is 2.29 bits per heavy atom. The van der Waals surface area contributed by atoms with Gasteiger partial charge in [-0.1, -0.05) is 0 Å². The van der Waals surface area contributed by atoms with Crippen molar-refractivity contribution in [3.05, 3.63) is 46.3 Å². The monoisotopic (exact) mass is 189 g/mol. The van der Waals surface area contributed by atoms with Crippen LogP contribution in [0.1, 0.15) is 5.56 Å². The fraction of sp³-hybridized carbons (Fsp3) is 0. The SMILES string of the molecule is N#Cc1ccn2c(=O)cc(F)nc2c1. The number of halogens is 1. The maximum absolute atomic E-state index is 12.7. The van der Waals surface area contributed by atoms with Gasteiger partial charge < -0.3 is 0 Å². The van der Waals surface area contributed by atoms with E-state index < -0.39 is 11.5 Å². The molecule has 2 aromatic rings. The van der Waals surface area contributed by atoms with Crippen LogP contribution in [-0.4, -0.2) is 9.38 Å². The van der Waals surface area contributed by atoms with Crippen LogP contribution in [0.25, 0.3) is 5.65 Å². The van der Waals surface area contributed by atoms with Crippen molar-refractivity contribution in [1.82, 2.24) is 9.38 Å². The number of hydrogen-bond donors (Lipinski definition) is 0. The van der Waals surface area contributed by atoms with Crippen LogP contribution in [0.2, 0.25) is 0 Å². The van der Waals surface area contributed by atoms with Crippen molar-refractivity contribution in [2.75, 3.05) is 0 Å². The summed E-state index contributed by atoms with van der Waals surface area (Å²) in [6.45, 7) is 0. The lowest BCUT2D eigenvalue weighted by Crippen LogP contribution is -2.14. The molecule has 68 valence electrons. The highest BCUT2D eigenvalue weighted by Gasteiger charge is 2.01. The highest BCUT2D eigenvalue weighted by Crippen LogP contribution is 2.02. The van der Waals surface area contributed by atoms with Crippen molar-refractivity contribution < 1.29 is 4.39 Å². The Kier molecular flexibility index (Phi) is 1.75. The first-order chi connectivity index (χ1) is 6.70. The minimum absolute atomic E-state index is 0.133. The Bertz CT molecular complexity index is 597. The summed E-state index contributed by atoms with van der Waals surface area (Å²) in [4.78, 5) is 14.7. The first-order valence-corrected chi connectivity index (χ1v) is 3.80. The van der Waals surface area contributed by atoms with Crippen LogP contribution in [0.3, 0.4) is 0 Å². The summed E-state index contributed by atoms with van der Waals surface area (Å²) >= 11 is 0. The van der Waals surface area contributed by atoms with Gasteiger partial charge in [0.25, 0.3) is 5.56 Å². The Balaban J connectivity index is 2.90. The summed E-state index contributed by atoms with van der Waals surface area (Å²) in [7, 11) is 0. The van der Waals surface area contributed by atoms with Crippen LogP contribution in [0.5, 0.6) is 0 Å². The van der Waals surface area contributed by atoms with Crippen molar-refractivity contribution >= 4 is 5.65 Å². The highest BCUT2D eigenvalue weighted by atomic mass is 19.1. The van der Waals surface area contributed by atoms with Gasteiger partial charge in [-0.2, -0.15) is 9.65 Å². The number of hydrogen-bond acceptors (Lipinski definition) is 3. The zero-order valence-electron chi connectivity index (χ0n) is 6.94. The summed E-state index contributed by atoms with van der Waals surface area (Å²) in [6.07, 6.45) is 1.39. The first-order valence-electron chi connectivity index (χ1n) is 3.80. The quantitative estimate of drug-likeness (QED) is 0.573. The topological polar surface area (TPSA) is 58.2 Å².